The van der Waals surface area contributed by atoms with E-state index in [0.717, 1.165) is 5.56 Å². The Hall–Kier alpha value is -1.67. The summed E-state index contributed by atoms with van der Waals surface area (Å²) in [5.41, 5.74) is 5.52. The largest absolute Gasteiger partial charge is 0.306 e. The van der Waals surface area contributed by atoms with Gasteiger partial charge in [-0.25, -0.2) is 4.39 Å². The van der Waals surface area contributed by atoms with Crippen molar-refractivity contribution in [1.29, 1.82) is 0 Å². The Morgan fingerprint density at radius 3 is 2.40 bits per heavy atom. The lowest BCUT2D eigenvalue weighted by Gasteiger charge is -2.17. The van der Waals surface area contributed by atoms with Crippen LogP contribution in [0.1, 0.15) is 40.8 Å². The third-order valence-electron chi connectivity index (χ3n) is 3.75. The summed E-state index contributed by atoms with van der Waals surface area (Å²) >= 11 is 0. The highest BCUT2D eigenvalue weighted by molar-refractivity contribution is 5.33. The summed E-state index contributed by atoms with van der Waals surface area (Å²) in [6, 6.07) is 12.1. The maximum absolute atomic E-state index is 13.5. The molecule has 0 saturated carbocycles. The molecular formula is C18H22FN. The van der Waals surface area contributed by atoms with Crippen molar-refractivity contribution in [2.45, 2.75) is 40.3 Å². The Morgan fingerprint density at radius 1 is 1.00 bits per heavy atom. The molecule has 2 rings (SSSR count). The van der Waals surface area contributed by atoms with Crippen LogP contribution in [0.2, 0.25) is 0 Å². The van der Waals surface area contributed by atoms with E-state index in [-0.39, 0.29) is 11.9 Å². The maximum atomic E-state index is 13.5. The number of benzene rings is 2. The van der Waals surface area contributed by atoms with Crippen LogP contribution in [0.4, 0.5) is 4.39 Å². The maximum Gasteiger partial charge on any atom is 0.126 e. The minimum absolute atomic E-state index is 0.135. The van der Waals surface area contributed by atoms with Gasteiger partial charge in [-0.1, -0.05) is 35.9 Å². The highest BCUT2D eigenvalue weighted by Gasteiger charge is 2.08. The first-order valence-electron chi connectivity index (χ1n) is 7.03. The summed E-state index contributed by atoms with van der Waals surface area (Å²) in [6.45, 7) is 8.83. The lowest BCUT2D eigenvalue weighted by atomic mass is 10.00. The second-order valence-corrected chi connectivity index (χ2v) is 5.55. The van der Waals surface area contributed by atoms with Crippen molar-refractivity contribution in [3.05, 3.63) is 70.0 Å². The van der Waals surface area contributed by atoms with Crippen LogP contribution in [-0.4, -0.2) is 0 Å². The molecule has 106 valence electrons. The monoisotopic (exact) mass is 271 g/mol. The van der Waals surface area contributed by atoms with Crippen molar-refractivity contribution in [1.82, 2.24) is 5.32 Å². The number of aryl methyl sites for hydroxylation is 3. The normalized spacial score (nSPS) is 12.4. The SMILES string of the molecule is Cc1ccc(C)c(C(C)NCc2ccc(C)c(F)c2)c1. The van der Waals surface area contributed by atoms with Gasteiger partial charge in [-0.3, -0.25) is 0 Å². The molecule has 0 bridgehead atoms. The summed E-state index contributed by atoms with van der Waals surface area (Å²) in [4.78, 5) is 0. The number of halogens is 1. The summed E-state index contributed by atoms with van der Waals surface area (Å²) < 4.78 is 13.5. The molecule has 0 spiro atoms. The zero-order valence-corrected chi connectivity index (χ0v) is 12.6. The molecular weight excluding hydrogens is 249 g/mol. The summed E-state index contributed by atoms with van der Waals surface area (Å²) in [5.74, 6) is -0.135. The number of rotatable bonds is 4. The average molecular weight is 271 g/mol. The van der Waals surface area contributed by atoms with Crippen LogP contribution in [0.5, 0.6) is 0 Å². The third-order valence-corrected chi connectivity index (χ3v) is 3.75. The van der Waals surface area contributed by atoms with E-state index in [2.05, 4.69) is 44.3 Å². The minimum Gasteiger partial charge on any atom is -0.306 e. The molecule has 1 N–H and O–H groups in total. The summed E-state index contributed by atoms with van der Waals surface area (Å²) in [6.07, 6.45) is 0. The molecule has 0 amide bonds. The fourth-order valence-corrected chi connectivity index (χ4v) is 2.35. The molecule has 20 heavy (non-hydrogen) atoms. The average Bonchev–Trinajstić information content (AvgIpc) is 2.42. The summed E-state index contributed by atoms with van der Waals surface area (Å²) in [5, 5.41) is 3.46. The van der Waals surface area contributed by atoms with Gasteiger partial charge in [0.1, 0.15) is 5.82 Å². The van der Waals surface area contributed by atoms with Crippen LogP contribution >= 0.6 is 0 Å². The fourth-order valence-electron chi connectivity index (χ4n) is 2.35. The van der Waals surface area contributed by atoms with Crippen LogP contribution in [0.25, 0.3) is 0 Å². The Morgan fingerprint density at radius 2 is 1.70 bits per heavy atom. The van der Waals surface area contributed by atoms with E-state index in [1.807, 2.05) is 12.1 Å². The standard InChI is InChI=1S/C18H22FN/c1-12-5-6-13(2)17(9-12)15(4)20-11-16-8-7-14(3)18(19)10-16/h5-10,15,20H,11H2,1-4H3. The van der Waals surface area contributed by atoms with E-state index in [1.165, 1.54) is 16.7 Å². The topological polar surface area (TPSA) is 12.0 Å². The highest BCUT2D eigenvalue weighted by atomic mass is 19.1. The Balaban J connectivity index is 2.06. The van der Waals surface area contributed by atoms with Gasteiger partial charge in [-0.05, 0) is 56.0 Å². The van der Waals surface area contributed by atoms with Crippen LogP contribution < -0.4 is 5.32 Å². The number of hydrogen-bond donors (Lipinski definition) is 1. The van der Waals surface area contributed by atoms with E-state index in [1.54, 1.807) is 13.0 Å². The van der Waals surface area contributed by atoms with Gasteiger partial charge in [0.2, 0.25) is 0 Å². The minimum atomic E-state index is -0.135. The van der Waals surface area contributed by atoms with Crippen molar-refractivity contribution in [3.63, 3.8) is 0 Å². The van der Waals surface area contributed by atoms with Crippen molar-refractivity contribution in [2.75, 3.05) is 0 Å². The van der Waals surface area contributed by atoms with Gasteiger partial charge in [0.15, 0.2) is 0 Å². The molecule has 2 aromatic rings. The molecule has 0 aliphatic heterocycles. The lowest BCUT2D eigenvalue weighted by molar-refractivity contribution is 0.565. The van der Waals surface area contributed by atoms with Gasteiger partial charge in [0.25, 0.3) is 0 Å². The van der Waals surface area contributed by atoms with Crippen LogP contribution in [0.3, 0.4) is 0 Å². The molecule has 0 fully saturated rings. The molecule has 0 radical (unpaired) electrons. The van der Waals surface area contributed by atoms with E-state index in [4.69, 9.17) is 0 Å². The van der Waals surface area contributed by atoms with E-state index in [9.17, 15) is 4.39 Å². The van der Waals surface area contributed by atoms with Gasteiger partial charge in [-0.2, -0.15) is 0 Å². The molecule has 2 heteroatoms. The van der Waals surface area contributed by atoms with Crippen LogP contribution in [-0.2, 0) is 6.54 Å². The second-order valence-electron chi connectivity index (χ2n) is 5.55. The van der Waals surface area contributed by atoms with Gasteiger partial charge >= 0.3 is 0 Å². The Labute approximate surface area is 120 Å². The zero-order chi connectivity index (χ0) is 14.7. The predicted octanol–water partition coefficient (Wildman–Crippen LogP) is 4.60. The van der Waals surface area contributed by atoms with Crippen molar-refractivity contribution in [3.8, 4) is 0 Å². The lowest BCUT2D eigenvalue weighted by Crippen LogP contribution is -2.19. The highest BCUT2D eigenvalue weighted by Crippen LogP contribution is 2.19. The van der Waals surface area contributed by atoms with Crippen molar-refractivity contribution in [2.24, 2.45) is 0 Å². The van der Waals surface area contributed by atoms with E-state index >= 15 is 0 Å². The van der Waals surface area contributed by atoms with Crippen molar-refractivity contribution >= 4 is 0 Å². The van der Waals surface area contributed by atoms with Crippen molar-refractivity contribution < 1.29 is 4.39 Å². The van der Waals surface area contributed by atoms with Gasteiger partial charge in [0.05, 0.1) is 0 Å². The van der Waals surface area contributed by atoms with E-state index < -0.39 is 0 Å². The molecule has 2 aromatic carbocycles. The van der Waals surface area contributed by atoms with Crippen LogP contribution in [0.15, 0.2) is 36.4 Å². The molecule has 0 saturated heterocycles. The molecule has 1 nitrogen and oxygen atoms in total. The number of hydrogen-bond acceptors (Lipinski definition) is 1. The predicted molar refractivity (Wildman–Crippen MR) is 82.3 cm³/mol. The molecule has 1 atom stereocenters. The Bertz CT molecular complexity index is 604. The molecule has 0 aliphatic rings. The Kier molecular flexibility index (Phi) is 4.56. The van der Waals surface area contributed by atoms with Gasteiger partial charge in [0, 0.05) is 12.6 Å². The summed E-state index contributed by atoms with van der Waals surface area (Å²) in [7, 11) is 0. The second kappa shape index (κ2) is 6.19. The zero-order valence-electron chi connectivity index (χ0n) is 12.6. The van der Waals surface area contributed by atoms with Gasteiger partial charge in [-0.15, -0.1) is 0 Å². The smallest absolute Gasteiger partial charge is 0.126 e. The molecule has 0 aromatic heterocycles. The first-order chi connectivity index (χ1) is 9.47. The third kappa shape index (κ3) is 3.45. The first kappa shape index (κ1) is 14.7. The van der Waals surface area contributed by atoms with Crippen LogP contribution in [0, 0.1) is 26.6 Å². The molecule has 1 unspecified atom stereocenters. The van der Waals surface area contributed by atoms with Gasteiger partial charge < -0.3 is 5.32 Å². The van der Waals surface area contributed by atoms with E-state index in [0.29, 0.717) is 12.1 Å². The number of nitrogens with one attached hydrogen (secondary N) is 1. The molecule has 0 aliphatic carbocycles. The first-order valence-corrected chi connectivity index (χ1v) is 7.03. The quantitative estimate of drug-likeness (QED) is 0.856. The molecule has 0 heterocycles. The fraction of sp³-hybridized carbons (Fsp3) is 0.333.